The van der Waals surface area contributed by atoms with Crippen molar-refractivity contribution in [1.29, 1.82) is 0 Å². The Hall–Kier alpha value is -2.48. The number of nitrogens with zero attached hydrogens (tertiary/aromatic N) is 2. The molecule has 1 aliphatic heterocycles. The lowest BCUT2D eigenvalue weighted by Gasteiger charge is -2.30. The summed E-state index contributed by atoms with van der Waals surface area (Å²) in [6, 6.07) is 16.6. The van der Waals surface area contributed by atoms with Gasteiger partial charge < -0.3 is 16.4 Å². The van der Waals surface area contributed by atoms with Gasteiger partial charge in [0.15, 0.2) is 9.84 Å². The highest BCUT2D eigenvalue weighted by molar-refractivity contribution is 7.91. The molecular weight excluding hydrogens is 384 g/mol. The van der Waals surface area contributed by atoms with Crippen LogP contribution in [0, 0.1) is 0 Å². The maximum Gasteiger partial charge on any atom is 0.180 e. The molecule has 1 atom stereocenters. The van der Waals surface area contributed by atoms with E-state index in [9.17, 15) is 8.42 Å². The fourth-order valence-corrected chi connectivity index (χ4v) is 5.26. The Morgan fingerprint density at radius 1 is 1.10 bits per heavy atom. The number of para-hydroxylation sites is 1. The van der Waals surface area contributed by atoms with Gasteiger partial charge in [-0.1, -0.05) is 36.4 Å². The number of anilines is 1. The molecule has 6 nitrogen and oxygen atoms in total. The maximum absolute atomic E-state index is 12.7. The Balaban J connectivity index is 1.85. The minimum atomic E-state index is -3.33. The fourth-order valence-electron chi connectivity index (χ4n) is 3.77. The van der Waals surface area contributed by atoms with Gasteiger partial charge in [-0.3, -0.25) is 0 Å². The van der Waals surface area contributed by atoms with E-state index in [0.29, 0.717) is 23.8 Å². The minimum absolute atomic E-state index is 0.0439. The zero-order valence-corrected chi connectivity index (χ0v) is 17.5. The molecule has 4 rings (SSSR count). The molecule has 0 bridgehead atoms. The summed E-state index contributed by atoms with van der Waals surface area (Å²) in [5.41, 5.74) is 14.7. The van der Waals surface area contributed by atoms with E-state index in [1.54, 1.807) is 12.1 Å². The molecule has 7 heteroatoms. The third-order valence-electron chi connectivity index (χ3n) is 5.49. The summed E-state index contributed by atoms with van der Waals surface area (Å²) in [5, 5.41) is 0.963. The Morgan fingerprint density at radius 3 is 2.55 bits per heavy atom. The lowest BCUT2D eigenvalue weighted by atomic mass is 9.88. The van der Waals surface area contributed by atoms with Crippen LogP contribution in [0.4, 0.5) is 5.82 Å². The predicted molar refractivity (Wildman–Crippen MR) is 116 cm³/mol. The van der Waals surface area contributed by atoms with Crippen molar-refractivity contribution in [1.82, 2.24) is 4.98 Å². The number of hydrogen-bond donors (Lipinski definition) is 2. The Kier molecular flexibility index (Phi) is 4.85. The summed E-state index contributed by atoms with van der Waals surface area (Å²) in [6.45, 7) is 4.65. The van der Waals surface area contributed by atoms with Crippen molar-refractivity contribution in [3.8, 4) is 0 Å². The van der Waals surface area contributed by atoms with E-state index in [4.69, 9.17) is 16.5 Å². The molecule has 0 spiro atoms. The SMILES string of the molecule is CC(C)(N)C(N)c1cc(N2CCS(=O)(=O)c3ccccc3C2)nc2ccccc12. The summed E-state index contributed by atoms with van der Waals surface area (Å²) in [7, 11) is -3.33. The van der Waals surface area contributed by atoms with Gasteiger partial charge in [0, 0.05) is 30.1 Å². The third-order valence-corrected chi connectivity index (χ3v) is 7.28. The van der Waals surface area contributed by atoms with Crippen LogP contribution in [0.25, 0.3) is 10.9 Å². The highest BCUT2D eigenvalue weighted by Gasteiger charge is 2.28. The first kappa shape index (κ1) is 19.8. The van der Waals surface area contributed by atoms with E-state index in [2.05, 4.69) is 0 Å². The van der Waals surface area contributed by atoms with Crippen LogP contribution in [0.15, 0.2) is 59.5 Å². The van der Waals surface area contributed by atoms with Crippen LogP contribution < -0.4 is 16.4 Å². The smallest absolute Gasteiger partial charge is 0.180 e. The van der Waals surface area contributed by atoms with E-state index in [-0.39, 0.29) is 5.75 Å². The summed E-state index contributed by atoms with van der Waals surface area (Å²) in [6.07, 6.45) is 0. The van der Waals surface area contributed by atoms with Gasteiger partial charge in [-0.05, 0) is 43.2 Å². The van der Waals surface area contributed by atoms with Crippen molar-refractivity contribution < 1.29 is 8.42 Å². The molecule has 0 aliphatic carbocycles. The molecule has 152 valence electrons. The molecule has 0 saturated heterocycles. The van der Waals surface area contributed by atoms with E-state index >= 15 is 0 Å². The molecule has 0 fully saturated rings. The monoisotopic (exact) mass is 410 g/mol. The second-order valence-electron chi connectivity index (χ2n) is 8.23. The van der Waals surface area contributed by atoms with Crippen molar-refractivity contribution in [2.45, 2.75) is 36.9 Å². The number of rotatable bonds is 3. The molecular formula is C22H26N4O2S. The first-order valence-corrected chi connectivity index (χ1v) is 11.3. The van der Waals surface area contributed by atoms with Crippen molar-refractivity contribution in [3.63, 3.8) is 0 Å². The second-order valence-corrected chi connectivity index (χ2v) is 10.3. The summed E-state index contributed by atoms with van der Waals surface area (Å²) < 4.78 is 25.4. The molecule has 0 amide bonds. The molecule has 2 aromatic carbocycles. The van der Waals surface area contributed by atoms with E-state index in [1.165, 1.54) is 0 Å². The van der Waals surface area contributed by atoms with Crippen molar-refractivity contribution in [2.24, 2.45) is 11.5 Å². The van der Waals surface area contributed by atoms with Crippen LogP contribution in [-0.4, -0.2) is 31.2 Å². The van der Waals surface area contributed by atoms with Gasteiger partial charge in [0.05, 0.1) is 16.2 Å². The van der Waals surface area contributed by atoms with E-state index < -0.39 is 21.4 Å². The quantitative estimate of drug-likeness (QED) is 0.688. The van der Waals surface area contributed by atoms with Gasteiger partial charge in [0.2, 0.25) is 0 Å². The molecule has 3 aromatic rings. The van der Waals surface area contributed by atoms with Crippen molar-refractivity contribution in [2.75, 3.05) is 17.2 Å². The number of fused-ring (bicyclic) bond motifs is 2. The molecule has 1 aliphatic rings. The van der Waals surface area contributed by atoms with Gasteiger partial charge >= 0.3 is 0 Å². The lowest BCUT2D eigenvalue weighted by Crippen LogP contribution is -2.44. The van der Waals surface area contributed by atoms with Crippen LogP contribution in [0.1, 0.15) is 31.0 Å². The van der Waals surface area contributed by atoms with Gasteiger partial charge in [-0.25, -0.2) is 13.4 Å². The molecule has 1 unspecified atom stereocenters. The summed E-state index contributed by atoms with van der Waals surface area (Å²) in [5.74, 6) is 0.757. The zero-order chi connectivity index (χ0) is 20.8. The highest BCUT2D eigenvalue weighted by Crippen LogP contribution is 2.32. The topological polar surface area (TPSA) is 102 Å². The predicted octanol–water partition coefficient (Wildman–Crippen LogP) is 2.77. The maximum atomic E-state index is 12.7. The molecule has 1 aromatic heterocycles. The standard InChI is InChI=1S/C22H26N4O2S/c1-22(2,24)21(23)17-13-20(25-18-9-5-4-8-16(17)18)26-11-12-29(27,28)19-10-6-3-7-15(19)14-26/h3-10,13,21H,11-12,14,23-24H2,1-2H3. The van der Waals surface area contributed by atoms with Crippen LogP contribution in [0.5, 0.6) is 0 Å². The van der Waals surface area contributed by atoms with Crippen molar-refractivity contribution in [3.05, 3.63) is 65.7 Å². The first-order chi connectivity index (χ1) is 13.7. The van der Waals surface area contributed by atoms with E-state index in [0.717, 1.165) is 22.0 Å². The normalized spacial score (nSPS) is 17.6. The average Bonchev–Trinajstić information content (AvgIpc) is 2.82. The fraction of sp³-hybridized carbons (Fsp3) is 0.318. The lowest BCUT2D eigenvalue weighted by molar-refractivity contribution is 0.422. The largest absolute Gasteiger partial charge is 0.351 e. The summed E-state index contributed by atoms with van der Waals surface area (Å²) >= 11 is 0. The third kappa shape index (κ3) is 3.73. The Morgan fingerprint density at radius 2 is 1.79 bits per heavy atom. The van der Waals surface area contributed by atoms with Gasteiger partial charge in [0.1, 0.15) is 5.82 Å². The number of aromatic nitrogens is 1. The van der Waals surface area contributed by atoms with Crippen LogP contribution in [-0.2, 0) is 16.4 Å². The van der Waals surface area contributed by atoms with Crippen LogP contribution >= 0.6 is 0 Å². The average molecular weight is 411 g/mol. The molecule has 4 N–H and O–H groups in total. The van der Waals surface area contributed by atoms with E-state index in [1.807, 2.05) is 61.2 Å². The Bertz CT molecular complexity index is 1170. The minimum Gasteiger partial charge on any atom is -0.351 e. The van der Waals surface area contributed by atoms with Gasteiger partial charge in [0.25, 0.3) is 0 Å². The molecule has 2 heterocycles. The number of sulfone groups is 1. The molecule has 0 saturated carbocycles. The van der Waals surface area contributed by atoms with Gasteiger partial charge in [-0.2, -0.15) is 0 Å². The zero-order valence-electron chi connectivity index (χ0n) is 16.7. The molecule has 0 radical (unpaired) electrons. The molecule has 29 heavy (non-hydrogen) atoms. The highest BCUT2D eigenvalue weighted by atomic mass is 32.2. The first-order valence-electron chi connectivity index (χ1n) is 9.66. The van der Waals surface area contributed by atoms with Crippen LogP contribution in [0.2, 0.25) is 0 Å². The van der Waals surface area contributed by atoms with Crippen molar-refractivity contribution >= 4 is 26.6 Å². The second kappa shape index (κ2) is 7.09. The Labute approximate surface area is 171 Å². The number of benzene rings is 2. The number of hydrogen-bond acceptors (Lipinski definition) is 6. The number of pyridine rings is 1. The number of nitrogens with two attached hydrogens (primary N) is 2. The van der Waals surface area contributed by atoms with Crippen LogP contribution in [0.3, 0.4) is 0 Å². The van der Waals surface area contributed by atoms with Gasteiger partial charge in [-0.15, -0.1) is 0 Å². The summed E-state index contributed by atoms with van der Waals surface area (Å²) in [4.78, 5) is 7.24.